The van der Waals surface area contributed by atoms with Crippen LogP contribution in [-0.4, -0.2) is 54.2 Å². The lowest BCUT2D eigenvalue weighted by molar-refractivity contribution is -0.148. The molecule has 4 heterocycles. The summed E-state index contributed by atoms with van der Waals surface area (Å²) in [4.78, 5) is 27.5. The average Bonchev–Trinajstić information content (AvgIpc) is 2.78. The number of para-hydroxylation sites is 1. The summed E-state index contributed by atoms with van der Waals surface area (Å²) in [5.41, 5.74) is 0.854. The van der Waals surface area contributed by atoms with Gasteiger partial charge in [0.25, 0.3) is 5.91 Å². The molecule has 1 aromatic carbocycles. The van der Waals surface area contributed by atoms with Crippen LogP contribution in [-0.2, 0) is 14.3 Å². The second-order valence-electron chi connectivity index (χ2n) is 9.40. The molecule has 2 bridgehead atoms. The van der Waals surface area contributed by atoms with Crippen LogP contribution in [0.5, 0.6) is 5.75 Å². The Morgan fingerprint density at radius 2 is 1.83 bits per heavy atom. The minimum atomic E-state index is -0.363. The molecule has 4 aliphatic heterocycles. The number of nitrogens with one attached hydrogen (secondary N) is 1. The van der Waals surface area contributed by atoms with Gasteiger partial charge in [0.05, 0.1) is 24.3 Å². The second-order valence-corrected chi connectivity index (χ2v) is 9.40. The molecule has 1 aliphatic carbocycles. The number of rotatable bonds is 0. The standard InChI is InChI=1S/C24H32N2O4/c27-22-7-3-12-24(25-22)13-4-14-26-21(24)15-29-18-10-8-17(9-11-18)19-5-1-2-6-20(19)30-16-23(26)28/h1-2,5-6,17-18,21H,3-4,7-16H2,(H,25,27). The number of amides is 2. The van der Waals surface area contributed by atoms with Crippen molar-refractivity contribution in [1.29, 1.82) is 0 Å². The molecule has 0 aromatic heterocycles. The second kappa shape index (κ2) is 8.22. The number of fused-ring (bicyclic) bond motifs is 5. The maximum absolute atomic E-state index is 13.3. The van der Waals surface area contributed by atoms with Crippen molar-refractivity contribution in [3.8, 4) is 5.75 Å². The Balaban J connectivity index is 1.46. The third-order valence-electron chi connectivity index (χ3n) is 7.65. The Bertz CT molecular complexity index is 800. The van der Waals surface area contributed by atoms with Gasteiger partial charge in [0, 0.05) is 13.0 Å². The molecule has 3 fully saturated rings. The summed E-state index contributed by atoms with van der Waals surface area (Å²) in [6.45, 7) is 1.23. The van der Waals surface area contributed by atoms with Gasteiger partial charge in [0.2, 0.25) is 5.91 Å². The molecule has 1 aromatic rings. The first-order chi connectivity index (χ1) is 14.6. The molecule has 5 aliphatic rings. The summed E-state index contributed by atoms with van der Waals surface area (Å²) in [5, 5.41) is 3.28. The van der Waals surface area contributed by atoms with Crippen LogP contribution in [0.2, 0.25) is 0 Å². The molecule has 2 atom stereocenters. The Morgan fingerprint density at radius 1 is 1.03 bits per heavy atom. The van der Waals surface area contributed by atoms with E-state index in [0.29, 0.717) is 25.5 Å². The molecular formula is C24H32N2O4. The van der Waals surface area contributed by atoms with Gasteiger partial charge in [-0.15, -0.1) is 0 Å². The van der Waals surface area contributed by atoms with E-state index in [0.717, 1.165) is 57.1 Å². The highest BCUT2D eigenvalue weighted by Crippen LogP contribution is 2.40. The van der Waals surface area contributed by atoms with E-state index in [4.69, 9.17) is 9.47 Å². The van der Waals surface area contributed by atoms with Gasteiger partial charge in [0.15, 0.2) is 6.61 Å². The molecule has 6 rings (SSSR count). The fraction of sp³-hybridized carbons (Fsp3) is 0.667. The van der Waals surface area contributed by atoms with Crippen LogP contribution in [0.25, 0.3) is 0 Å². The number of piperidine rings is 2. The van der Waals surface area contributed by atoms with E-state index in [1.165, 1.54) is 5.56 Å². The summed E-state index contributed by atoms with van der Waals surface area (Å²) in [6, 6.07) is 8.04. The molecule has 6 nitrogen and oxygen atoms in total. The van der Waals surface area contributed by atoms with Crippen LogP contribution in [0.3, 0.4) is 0 Å². The number of carbonyl (C=O) groups is 2. The SMILES string of the molecule is O=C1CCCC2(CCCN3C(=O)COc4ccccc4C4CCC(CC4)OCC32)N1. The molecule has 2 saturated heterocycles. The minimum Gasteiger partial charge on any atom is -0.483 e. The van der Waals surface area contributed by atoms with E-state index >= 15 is 0 Å². The smallest absolute Gasteiger partial charge is 0.260 e. The van der Waals surface area contributed by atoms with E-state index in [-0.39, 0.29) is 36.1 Å². The van der Waals surface area contributed by atoms with Gasteiger partial charge >= 0.3 is 0 Å². The lowest BCUT2D eigenvalue weighted by atomic mass is 9.75. The third kappa shape index (κ3) is 3.70. The number of benzene rings is 1. The van der Waals surface area contributed by atoms with Gasteiger partial charge in [-0.1, -0.05) is 18.2 Å². The highest BCUT2D eigenvalue weighted by molar-refractivity contribution is 5.80. The normalized spacial score (nSPS) is 34.7. The van der Waals surface area contributed by atoms with E-state index in [2.05, 4.69) is 17.4 Å². The quantitative estimate of drug-likeness (QED) is 0.711. The topological polar surface area (TPSA) is 67.9 Å². The van der Waals surface area contributed by atoms with Gasteiger partial charge in [-0.2, -0.15) is 0 Å². The minimum absolute atomic E-state index is 0.0103. The monoisotopic (exact) mass is 412 g/mol. The van der Waals surface area contributed by atoms with Gasteiger partial charge < -0.3 is 19.7 Å². The van der Waals surface area contributed by atoms with E-state index in [9.17, 15) is 9.59 Å². The molecule has 162 valence electrons. The molecule has 6 heteroatoms. The molecule has 2 amide bonds. The maximum atomic E-state index is 13.3. The summed E-state index contributed by atoms with van der Waals surface area (Å²) in [7, 11) is 0. The van der Waals surface area contributed by atoms with Crippen molar-refractivity contribution in [3.63, 3.8) is 0 Å². The molecule has 30 heavy (non-hydrogen) atoms. The Kier molecular flexibility index (Phi) is 5.44. The van der Waals surface area contributed by atoms with Crippen molar-refractivity contribution in [2.24, 2.45) is 0 Å². The number of carbonyl (C=O) groups excluding carboxylic acids is 2. The van der Waals surface area contributed by atoms with Crippen LogP contribution in [0.1, 0.15) is 69.3 Å². The first-order valence-corrected chi connectivity index (χ1v) is 11.6. The lowest BCUT2D eigenvalue weighted by Crippen LogP contribution is -2.69. The molecule has 0 radical (unpaired) electrons. The first-order valence-electron chi connectivity index (χ1n) is 11.6. The van der Waals surface area contributed by atoms with Gasteiger partial charge in [-0.05, 0) is 68.9 Å². The van der Waals surface area contributed by atoms with Gasteiger partial charge in [0.1, 0.15) is 5.75 Å². The highest BCUT2D eigenvalue weighted by atomic mass is 16.5. The van der Waals surface area contributed by atoms with Crippen LogP contribution < -0.4 is 10.1 Å². The van der Waals surface area contributed by atoms with E-state index in [1.807, 2.05) is 17.0 Å². The highest BCUT2D eigenvalue weighted by Gasteiger charge is 2.49. The van der Waals surface area contributed by atoms with Crippen LogP contribution >= 0.6 is 0 Å². The van der Waals surface area contributed by atoms with Crippen LogP contribution in [0.15, 0.2) is 24.3 Å². The zero-order valence-corrected chi connectivity index (χ0v) is 17.6. The molecule has 1 spiro atoms. The molecule has 2 unspecified atom stereocenters. The molecular weight excluding hydrogens is 380 g/mol. The maximum Gasteiger partial charge on any atom is 0.260 e. The number of nitrogens with zero attached hydrogens (tertiary/aromatic N) is 1. The zero-order chi connectivity index (χ0) is 20.6. The Labute approximate surface area is 178 Å². The number of ether oxygens (including phenoxy) is 2. The predicted octanol–water partition coefficient (Wildman–Crippen LogP) is 3.15. The van der Waals surface area contributed by atoms with Gasteiger partial charge in [-0.3, -0.25) is 9.59 Å². The van der Waals surface area contributed by atoms with Crippen molar-refractivity contribution in [2.45, 2.75) is 81.4 Å². The number of hydrogen-bond donors (Lipinski definition) is 1. The third-order valence-corrected chi connectivity index (χ3v) is 7.65. The first kappa shape index (κ1) is 19.9. The average molecular weight is 413 g/mol. The summed E-state index contributed by atoms with van der Waals surface area (Å²) >= 11 is 0. The van der Waals surface area contributed by atoms with E-state index in [1.54, 1.807) is 0 Å². The lowest BCUT2D eigenvalue weighted by Gasteiger charge is -2.52. The van der Waals surface area contributed by atoms with Crippen molar-refractivity contribution in [3.05, 3.63) is 29.8 Å². The summed E-state index contributed by atoms with van der Waals surface area (Å²) in [5.74, 6) is 1.39. The summed E-state index contributed by atoms with van der Waals surface area (Å²) < 4.78 is 12.5. The zero-order valence-electron chi connectivity index (χ0n) is 17.6. The largest absolute Gasteiger partial charge is 0.483 e. The Morgan fingerprint density at radius 3 is 2.67 bits per heavy atom. The van der Waals surface area contributed by atoms with Crippen molar-refractivity contribution in [1.82, 2.24) is 10.2 Å². The predicted molar refractivity (Wildman–Crippen MR) is 112 cm³/mol. The van der Waals surface area contributed by atoms with Gasteiger partial charge in [-0.25, -0.2) is 0 Å². The van der Waals surface area contributed by atoms with Crippen LogP contribution in [0.4, 0.5) is 0 Å². The van der Waals surface area contributed by atoms with E-state index < -0.39 is 0 Å². The fourth-order valence-corrected chi connectivity index (χ4v) is 6.08. The van der Waals surface area contributed by atoms with Crippen LogP contribution in [0, 0.1) is 0 Å². The number of hydrogen-bond acceptors (Lipinski definition) is 4. The fourth-order valence-electron chi connectivity index (χ4n) is 6.08. The molecule has 1 N–H and O–H groups in total. The van der Waals surface area contributed by atoms with Crippen molar-refractivity contribution in [2.75, 3.05) is 19.8 Å². The Hall–Kier alpha value is -2.08. The summed E-state index contributed by atoms with van der Waals surface area (Å²) in [6.07, 6.45) is 8.60. The molecule has 1 saturated carbocycles. The van der Waals surface area contributed by atoms with Crippen molar-refractivity contribution < 1.29 is 19.1 Å². The van der Waals surface area contributed by atoms with Crippen molar-refractivity contribution >= 4 is 11.8 Å².